The fraction of sp³-hybridized carbons (Fsp3) is 0.0476. The average molecular weight is 431 g/mol. The van der Waals surface area contributed by atoms with Gasteiger partial charge in [-0.15, -0.1) is 11.3 Å². The molecule has 0 unspecified atom stereocenters. The Balaban J connectivity index is 1.51. The molecule has 2 aromatic carbocycles. The predicted molar refractivity (Wildman–Crippen MR) is 109 cm³/mol. The van der Waals surface area contributed by atoms with Crippen LogP contribution in [0.25, 0.3) is 6.08 Å². The second-order valence-electron chi connectivity index (χ2n) is 6.00. The molecule has 0 fully saturated rings. The monoisotopic (exact) mass is 430 g/mol. The molecular formula is C21H12Cl2O4S. The van der Waals surface area contributed by atoms with E-state index in [4.69, 9.17) is 32.7 Å². The molecule has 0 amide bonds. The molecule has 0 aliphatic carbocycles. The maximum atomic E-state index is 12.5. The summed E-state index contributed by atoms with van der Waals surface area (Å²) in [7, 11) is 0. The summed E-state index contributed by atoms with van der Waals surface area (Å²) in [5, 5.41) is 2.72. The van der Waals surface area contributed by atoms with Crippen molar-refractivity contribution in [2.24, 2.45) is 0 Å². The van der Waals surface area contributed by atoms with Crippen molar-refractivity contribution in [3.63, 3.8) is 0 Å². The molecule has 0 saturated carbocycles. The Morgan fingerprint density at radius 3 is 2.71 bits per heavy atom. The van der Waals surface area contributed by atoms with Crippen molar-refractivity contribution in [1.29, 1.82) is 0 Å². The van der Waals surface area contributed by atoms with Crippen molar-refractivity contribution < 1.29 is 19.1 Å². The fourth-order valence-electron chi connectivity index (χ4n) is 2.71. The molecule has 0 saturated heterocycles. The molecule has 140 valence electrons. The summed E-state index contributed by atoms with van der Waals surface area (Å²) < 4.78 is 11.0. The van der Waals surface area contributed by atoms with E-state index in [1.165, 1.54) is 17.4 Å². The number of halogens is 2. The predicted octanol–water partition coefficient (Wildman–Crippen LogP) is 5.82. The SMILES string of the molecule is O=C(Cc1cccs1)Oc1ccc2c(c1)O/C(=C\c1ccc(Cl)c(Cl)c1)C2=O. The van der Waals surface area contributed by atoms with Gasteiger partial charge in [0.1, 0.15) is 11.5 Å². The highest BCUT2D eigenvalue weighted by Gasteiger charge is 2.28. The third-order valence-electron chi connectivity index (χ3n) is 4.01. The van der Waals surface area contributed by atoms with Gasteiger partial charge in [0.25, 0.3) is 0 Å². The van der Waals surface area contributed by atoms with Gasteiger partial charge < -0.3 is 9.47 Å². The second-order valence-corrected chi connectivity index (χ2v) is 7.85. The largest absolute Gasteiger partial charge is 0.452 e. The standard InChI is InChI=1S/C21H12Cl2O4S/c22-16-6-3-12(8-17(16)23)9-19-21(25)15-5-4-13(10-18(15)27-19)26-20(24)11-14-2-1-7-28-14/h1-10H,11H2/b19-9-. The zero-order valence-electron chi connectivity index (χ0n) is 14.3. The van der Waals surface area contributed by atoms with E-state index in [-0.39, 0.29) is 23.9 Å². The van der Waals surface area contributed by atoms with Crippen molar-refractivity contribution in [3.8, 4) is 11.5 Å². The van der Waals surface area contributed by atoms with Crippen LogP contribution in [-0.2, 0) is 11.2 Å². The van der Waals surface area contributed by atoms with Gasteiger partial charge in [0.2, 0.25) is 5.78 Å². The Hall–Kier alpha value is -2.60. The minimum atomic E-state index is -0.377. The first-order valence-electron chi connectivity index (χ1n) is 8.26. The first-order valence-corrected chi connectivity index (χ1v) is 9.89. The molecule has 0 radical (unpaired) electrons. The minimum absolute atomic E-state index is 0.162. The number of carbonyl (C=O) groups is 2. The van der Waals surface area contributed by atoms with Gasteiger partial charge in [-0.3, -0.25) is 9.59 Å². The van der Waals surface area contributed by atoms with Gasteiger partial charge in [0.05, 0.1) is 22.0 Å². The van der Waals surface area contributed by atoms with E-state index in [0.29, 0.717) is 32.7 Å². The van der Waals surface area contributed by atoms with Crippen LogP contribution in [0, 0.1) is 0 Å². The van der Waals surface area contributed by atoms with Crippen molar-refractivity contribution in [2.45, 2.75) is 6.42 Å². The van der Waals surface area contributed by atoms with Gasteiger partial charge in [-0.25, -0.2) is 0 Å². The van der Waals surface area contributed by atoms with Crippen LogP contribution in [0.5, 0.6) is 11.5 Å². The molecule has 4 rings (SSSR count). The molecule has 1 aliphatic heterocycles. The molecule has 28 heavy (non-hydrogen) atoms. The fourth-order valence-corrected chi connectivity index (χ4v) is 3.70. The van der Waals surface area contributed by atoms with Crippen molar-refractivity contribution in [3.05, 3.63) is 85.7 Å². The van der Waals surface area contributed by atoms with Crippen LogP contribution in [0.15, 0.2) is 59.7 Å². The quantitative estimate of drug-likeness (QED) is 0.297. The van der Waals surface area contributed by atoms with E-state index < -0.39 is 0 Å². The third-order valence-corrected chi connectivity index (χ3v) is 5.63. The number of fused-ring (bicyclic) bond motifs is 1. The van der Waals surface area contributed by atoms with E-state index in [1.807, 2.05) is 17.5 Å². The van der Waals surface area contributed by atoms with Gasteiger partial charge in [-0.05, 0) is 47.4 Å². The zero-order valence-corrected chi connectivity index (χ0v) is 16.6. The topological polar surface area (TPSA) is 52.6 Å². The maximum Gasteiger partial charge on any atom is 0.316 e. The number of rotatable bonds is 4. The van der Waals surface area contributed by atoms with Gasteiger partial charge in [0.15, 0.2) is 5.76 Å². The summed E-state index contributed by atoms with van der Waals surface area (Å²) in [5.41, 5.74) is 1.09. The number of hydrogen-bond donors (Lipinski definition) is 0. The van der Waals surface area contributed by atoms with Gasteiger partial charge in [-0.2, -0.15) is 0 Å². The smallest absolute Gasteiger partial charge is 0.316 e. The lowest BCUT2D eigenvalue weighted by molar-refractivity contribution is -0.133. The number of carbonyl (C=O) groups excluding carboxylic acids is 2. The molecule has 7 heteroatoms. The van der Waals surface area contributed by atoms with Crippen LogP contribution in [-0.4, -0.2) is 11.8 Å². The zero-order chi connectivity index (χ0) is 19.7. The highest BCUT2D eigenvalue weighted by molar-refractivity contribution is 7.10. The van der Waals surface area contributed by atoms with Crippen molar-refractivity contribution >= 4 is 52.4 Å². The Kier molecular flexibility index (Phi) is 5.22. The van der Waals surface area contributed by atoms with Crippen LogP contribution in [0.4, 0.5) is 0 Å². The molecule has 0 bridgehead atoms. The number of Topliss-reactive ketones (excluding diaryl/α,β-unsaturated/α-hetero) is 1. The summed E-state index contributed by atoms with van der Waals surface area (Å²) in [6, 6.07) is 13.5. The molecule has 0 atom stereocenters. The van der Waals surface area contributed by atoms with Crippen LogP contribution >= 0.6 is 34.5 Å². The highest BCUT2D eigenvalue weighted by Crippen LogP contribution is 2.35. The second kappa shape index (κ2) is 7.80. The number of ketones is 1. The molecular weight excluding hydrogens is 419 g/mol. The normalized spacial score (nSPS) is 14.1. The molecule has 1 aliphatic rings. The van der Waals surface area contributed by atoms with Crippen LogP contribution in [0.1, 0.15) is 20.8 Å². The average Bonchev–Trinajstić information content (AvgIpc) is 3.26. The Bertz CT molecular complexity index is 1100. The lowest BCUT2D eigenvalue weighted by Crippen LogP contribution is -2.10. The number of benzene rings is 2. The lowest BCUT2D eigenvalue weighted by atomic mass is 10.1. The summed E-state index contributed by atoms with van der Waals surface area (Å²) in [4.78, 5) is 25.5. The molecule has 1 aromatic heterocycles. The molecule has 4 nitrogen and oxygen atoms in total. The number of thiophene rings is 1. The Labute approximate surface area is 174 Å². The maximum absolute atomic E-state index is 12.5. The molecule has 3 aromatic rings. The van der Waals surface area contributed by atoms with E-state index in [1.54, 1.807) is 36.4 Å². The highest BCUT2D eigenvalue weighted by atomic mass is 35.5. The molecule has 0 N–H and O–H groups in total. The first kappa shape index (κ1) is 18.7. The van der Waals surface area contributed by atoms with Crippen molar-refractivity contribution in [1.82, 2.24) is 0 Å². The van der Waals surface area contributed by atoms with Crippen molar-refractivity contribution in [2.75, 3.05) is 0 Å². The summed E-state index contributed by atoms with van der Waals surface area (Å²) >= 11 is 13.4. The van der Waals surface area contributed by atoms with Gasteiger partial charge in [0, 0.05) is 10.9 Å². The van der Waals surface area contributed by atoms with E-state index >= 15 is 0 Å². The number of esters is 1. The van der Waals surface area contributed by atoms with Gasteiger partial charge >= 0.3 is 5.97 Å². The first-order chi connectivity index (χ1) is 13.5. The molecule has 0 spiro atoms. The molecule has 2 heterocycles. The summed E-state index contributed by atoms with van der Waals surface area (Å²) in [6.45, 7) is 0. The Morgan fingerprint density at radius 1 is 1.11 bits per heavy atom. The number of hydrogen-bond acceptors (Lipinski definition) is 5. The van der Waals surface area contributed by atoms with E-state index in [0.717, 1.165) is 4.88 Å². The van der Waals surface area contributed by atoms with Gasteiger partial charge in [-0.1, -0.05) is 35.3 Å². The van der Waals surface area contributed by atoms with Crippen LogP contribution in [0.2, 0.25) is 10.0 Å². The summed E-state index contributed by atoms with van der Waals surface area (Å²) in [5.74, 6) is 0.202. The number of allylic oxidation sites excluding steroid dienone is 1. The van der Waals surface area contributed by atoms with Crippen LogP contribution in [0.3, 0.4) is 0 Å². The summed E-state index contributed by atoms with van der Waals surface area (Å²) in [6.07, 6.45) is 1.78. The van der Waals surface area contributed by atoms with E-state index in [2.05, 4.69) is 0 Å². The number of ether oxygens (including phenoxy) is 2. The lowest BCUT2D eigenvalue weighted by Gasteiger charge is -2.05. The minimum Gasteiger partial charge on any atom is -0.452 e. The van der Waals surface area contributed by atoms with Crippen LogP contribution < -0.4 is 9.47 Å². The Morgan fingerprint density at radius 2 is 1.96 bits per heavy atom. The van der Waals surface area contributed by atoms with E-state index in [9.17, 15) is 9.59 Å². The third kappa shape index (κ3) is 3.97.